The molecule has 2 rings (SSSR count). The smallest absolute Gasteiger partial charge is 0.191 e. The summed E-state index contributed by atoms with van der Waals surface area (Å²) in [6.07, 6.45) is 1.68. The summed E-state index contributed by atoms with van der Waals surface area (Å²) in [6, 6.07) is 10.4. The van der Waals surface area contributed by atoms with Gasteiger partial charge in [0, 0.05) is 30.3 Å². The number of aliphatic imine (C=N–C) groups is 1. The van der Waals surface area contributed by atoms with Crippen LogP contribution in [0.5, 0.6) is 0 Å². The fourth-order valence-corrected chi connectivity index (χ4v) is 2.90. The van der Waals surface area contributed by atoms with Gasteiger partial charge in [-0.05, 0) is 19.1 Å². The van der Waals surface area contributed by atoms with E-state index >= 15 is 0 Å². The third-order valence-electron chi connectivity index (χ3n) is 3.17. The van der Waals surface area contributed by atoms with Gasteiger partial charge in [-0.1, -0.05) is 25.1 Å². The number of benzene rings is 1. The van der Waals surface area contributed by atoms with Crippen LogP contribution in [0.3, 0.4) is 0 Å². The van der Waals surface area contributed by atoms with E-state index in [1.165, 1.54) is 4.90 Å². The molecule has 0 aliphatic carbocycles. The monoisotopic (exact) mass is 332 g/mol. The van der Waals surface area contributed by atoms with Crippen molar-refractivity contribution in [2.45, 2.75) is 30.5 Å². The van der Waals surface area contributed by atoms with Gasteiger partial charge in [0.25, 0.3) is 0 Å². The highest BCUT2D eigenvalue weighted by Crippen LogP contribution is 2.21. The number of rotatable bonds is 7. The van der Waals surface area contributed by atoms with Crippen molar-refractivity contribution in [3.63, 3.8) is 0 Å². The Morgan fingerprint density at radius 1 is 1.30 bits per heavy atom. The first-order chi connectivity index (χ1) is 11.2. The quantitative estimate of drug-likeness (QED) is 0.461. The topological polar surface area (TPSA) is 67.1 Å². The first-order valence-electron chi connectivity index (χ1n) is 7.75. The minimum Gasteiger partial charge on any atom is -0.357 e. The molecule has 0 fully saturated rings. The SMILES string of the molecule is CCNC(=NCc1nncn1C)NCC(C)Sc1ccccc1. The van der Waals surface area contributed by atoms with Crippen molar-refractivity contribution in [3.05, 3.63) is 42.5 Å². The lowest BCUT2D eigenvalue weighted by Gasteiger charge is -2.15. The predicted molar refractivity (Wildman–Crippen MR) is 95.6 cm³/mol. The van der Waals surface area contributed by atoms with E-state index in [9.17, 15) is 0 Å². The second-order valence-corrected chi connectivity index (χ2v) is 6.69. The number of nitrogens with one attached hydrogen (secondary N) is 2. The van der Waals surface area contributed by atoms with Gasteiger partial charge in [-0.2, -0.15) is 0 Å². The molecular formula is C16H24N6S. The number of aromatic nitrogens is 3. The van der Waals surface area contributed by atoms with Gasteiger partial charge in [0.15, 0.2) is 11.8 Å². The third-order valence-corrected chi connectivity index (χ3v) is 4.28. The first-order valence-corrected chi connectivity index (χ1v) is 8.63. The van der Waals surface area contributed by atoms with Crippen LogP contribution in [0.1, 0.15) is 19.7 Å². The van der Waals surface area contributed by atoms with E-state index < -0.39 is 0 Å². The molecule has 1 heterocycles. The molecule has 1 aromatic heterocycles. The molecule has 2 N–H and O–H groups in total. The fraction of sp³-hybridized carbons (Fsp3) is 0.438. The molecule has 23 heavy (non-hydrogen) atoms. The van der Waals surface area contributed by atoms with E-state index in [1.54, 1.807) is 6.33 Å². The molecule has 2 aromatic rings. The molecule has 124 valence electrons. The largest absolute Gasteiger partial charge is 0.357 e. The standard InChI is InChI=1S/C16H24N6S/c1-4-17-16(19-11-15-21-20-12-22(15)3)18-10-13(2)23-14-8-6-5-7-9-14/h5-9,12-13H,4,10-11H2,1-3H3,(H2,17,18,19). The maximum Gasteiger partial charge on any atom is 0.191 e. The first kappa shape index (κ1) is 17.3. The van der Waals surface area contributed by atoms with Crippen LogP contribution in [0.15, 0.2) is 46.5 Å². The number of hydrogen-bond acceptors (Lipinski definition) is 4. The van der Waals surface area contributed by atoms with Gasteiger partial charge in [-0.25, -0.2) is 4.99 Å². The zero-order valence-corrected chi connectivity index (χ0v) is 14.7. The van der Waals surface area contributed by atoms with Crippen LogP contribution < -0.4 is 10.6 Å². The molecule has 0 spiro atoms. The van der Waals surface area contributed by atoms with Gasteiger partial charge < -0.3 is 15.2 Å². The summed E-state index contributed by atoms with van der Waals surface area (Å²) in [6.45, 7) is 6.43. The van der Waals surface area contributed by atoms with Crippen molar-refractivity contribution in [2.24, 2.45) is 12.0 Å². The summed E-state index contributed by atoms with van der Waals surface area (Å²) < 4.78 is 1.88. The summed E-state index contributed by atoms with van der Waals surface area (Å²) in [4.78, 5) is 5.84. The zero-order chi connectivity index (χ0) is 16.5. The lowest BCUT2D eigenvalue weighted by molar-refractivity contribution is 0.761. The number of hydrogen-bond donors (Lipinski definition) is 2. The summed E-state index contributed by atoms with van der Waals surface area (Å²) in [5.41, 5.74) is 0. The second-order valence-electron chi connectivity index (χ2n) is 5.18. The summed E-state index contributed by atoms with van der Waals surface area (Å²) in [5, 5.41) is 15.0. The van der Waals surface area contributed by atoms with Crippen LogP contribution in [-0.2, 0) is 13.6 Å². The van der Waals surface area contributed by atoms with Gasteiger partial charge in [-0.3, -0.25) is 0 Å². The van der Waals surface area contributed by atoms with E-state index in [1.807, 2.05) is 29.4 Å². The normalized spacial score (nSPS) is 12.9. The van der Waals surface area contributed by atoms with Gasteiger partial charge in [0.2, 0.25) is 0 Å². The maximum atomic E-state index is 4.56. The highest BCUT2D eigenvalue weighted by molar-refractivity contribution is 8.00. The van der Waals surface area contributed by atoms with Crippen LogP contribution >= 0.6 is 11.8 Å². The average molecular weight is 332 g/mol. The average Bonchev–Trinajstić information content (AvgIpc) is 2.96. The van der Waals surface area contributed by atoms with Crippen LogP contribution in [-0.4, -0.2) is 39.1 Å². The van der Waals surface area contributed by atoms with Gasteiger partial charge >= 0.3 is 0 Å². The molecule has 0 saturated heterocycles. The Morgan fingerprint density at radius 3 is 2.74 bits per heavy atom. The Kier molecular flexibility index (Phi) is 6.93. The lowest BCUT2D eigenvalue weighted by Crippen LogP contribution is -2.40. The van der Waals surface area contributed by atoms with Crippen molar-refractivity contribution >= 4 is 17.7 Å². The maximum absolute atomic E-state index is 4.56. The van der Waals surface area contributed by atoms with Crippen molar-refractivity contribution in [3.8, 4) is 0 Å². The van der Waals surface area contributed by atoms with Crippen molar-refractivity contribution < 1.29 is 0 Å². The minimum absolute atomic E-state index is 0.441. The molecule has 0 aliphatic heterocycles. The molecule has 0 aliphatic rings. The van der Waals surface area contributed by atoms with Crippen LogP contribution in [0.2, 0.25) is 0 Å². The van der Waals surface area contributed by atoms with Gasteiger partial charge in [0.1, 0.15) is 12.9 Å². The Hall–Kier alpha value is -2.02. The molecule has 0 bridgehead atoms. The Labute approximate surface area is 141 Å². The van der Waals surface area contributed by atoms with Crippen LogP contribution in [0, 0.1) is 0 Å². The highest BCUT2D eigenvalue weighted by atomic mass is 32.2. The van der Waals surface area contributed by atoms with E-state index in [0.29, 0.717) is 11.8 Å². The summed E-state index contributed by atoms with van der Waals surface area (Å²) in [7, 11) is 1.92. The van der Waals surface area contributed by atoms with E-state index in [0.717, 1.165) is 24.9 Å². The Bertz CT molecular complexity index is 610. The minimum atomic E-state index is 0.441. The number of guanidine groups is 1. The summed E-state index contributed by atoms with van der Waals surface area (Å²) in [5.74, 6) is 1.64. The number of nitrogens with zero attached hydrogens (tertiary/aromatic N) is 4. The fourth-order valence-electron chi connectivity index (χ4n) is 1.96. The van der Waals surface area contributed by atoms with Crippen molar-refractivity contribution in [1.29, 1.82) is 0 Å². The Balaban J connectivity index is 1.85. The third kappa shape index (κ3) is 5.94. The lowest BCUT2D eigenvalue weighted by atomic mass is 10.4. The van der Waals surface area contributed by atoms with Gasteiger partial charge in [0.05, 0.1) is 0 Å². The predicted octanol–water partition coefficient (Wildman–Crippen LogP) is 2.05. The van der Waals surface area contributed by atoms with E-state index in [2.05, 4.69) is 63.9 Å². The highest BCUT2D eigenvalue weighted by Gasteiger charge is 2.06. The number of aryl methyl sites for hydroxylation is 1. The summed E-state index contributed by atoms with van der Waals surface area (Å²) >= 11 is 1.85. The van der Waals surface area contributed by atoms with Crippen molar-refractivity contribution in [1.82, 2.24) is 25.4 Å². The molecule has 0 radical (unpaired) electrons. The van der Waals surface area contributed by atoms with Gasteiger partial charge in [-0.15, -0.1) is 22.0 Å². The molecule has 1 unspecified atom stereocenters. The van der Waals surface area contributed by atoms with Crippen LogP contribution in [0.25, 0.3) is 0 Å². The molecule has 1 aromatic carbocycles. The molecule has 1 atom stereocenters. The molecule has 6 nitrogen and oxygen atoms in total. The molecular weight excluding hydrogens is 308 g/mol. The van der Waals surface area contributed by atoms with E-state index in [4.69, 9.17) is 0 Å². The van der Waals surface area contributed by atoms with Crippen LogP contribution in [0.4, 0.5) is 0 Å². The number of thioether (sulfide) groups is 1. The second kappa shape index (κ2) is 9.19. The Morgan fingerprint density at radius 2 is 2.09 bits per heavy atom. The van der Waals surface area contributed by atoms with Crippen molar-refractivity contribution in [2.75, 3.05) is 13.1 Å². The van der Waals surface area contributed by atoms with E-state index in [-0.39, 0.29) is 0 Å². The molecule has 7 heteroatoms. The molecule has 0 saturated carbocycles. The molecule has 0 amide bonds. The zero-order valence-electron chi connectivity index (χ0n) is 13.9.